The van der Waals surface area contributed by atoms with Crippen molar-refractivity contribution in [2.45, 2.75) is 32.3 Å². The molecular formula is C12H13F3N2O4S. The normalized spacial score (nSPS) is 12.2. The molecule has 0 fully saturated rings. The maximum absolute atomic E-state index is 12.3. The van der Waals surface area contributed by atoms with Crippen LogP contribution in [0, 0.1) is 17.2 Å². The summed E-state index contributed by atoms with van der Waals surface area (Å²) in [4.78, 5) is 12.0. The predicted molar refractivity (Wildman–Crippen MR) is 70.5 cm³/mol. The van der Waals surface area contributed by atoms with Crippen LogP contribution in [0.4, 0.5) is 13.2 Å². The van der Waals surface area contributed by atoms with E-state index >= 15 is 0 Å². The summed E-state index contributed by atoms with van der Waals surface area (Å²) in [7, 11) is -5.94. The number of aryl methyl sites for hydroxylation is 1. The highest BCUT2D eigenvalue weighted by Crippen LogP contribution is 2.27. The van der Waals surface area contributed by atoms with Crippen molar-refractivity contribution >= 4 is 10.1 Å². The van der Waals surface area contributed by atoms with E-state index in [2.05, 4.69) is 4.18 Å². The molecule has 0 radical (unpaired) electrons. The number of rotatable bonds is 5. The second kappa shape index (κ2) is 6.39. The smallest absolute Gasteiger partial charge is 0.374 e. The van der Waals surface area contributed by atoms with E-state index in [0.717, 1.165) is 16.8 Å². The van der Waals surface area contributed by atoms with Crippen LogP contribution in [0.2, 0.25) is 0 Å². The van der Waals surface area contributed by atoms with Crippen LogP contribution < -0.4 is 9.74 Å². The predicted octanol–water partition coefficient (Wildman–Crippen LogP) is 1.99. The Kier molecular flexibility index (Phi) is 5.24. The molecule has 6 nitrogen and oxygen atoms in total. The molecule has 0 spiro atoms. The Morgan fingerprint density at radius 3 is 2.45 bits per heavy atom. The number of nitrogens with zero attached hydrogens (tertiary/aromatic N) is 2. The van der Waals surface area contributed by atoms with E-state index in [-0.39, 0.29) is 12.5 Å². The number of aromatic nitrogens is 1. The number of halogens is 3. The first-order chi connectivity index (χ1) is 9.99. The van der Waals surface area contributed by atoms with E-state index in [1.807, 2.05) is 13.8 Å². The van der Waals surface area contributed by atoms with Gasteiger partial charge in [-0.2, -0.15) is 26.9 Å². The minimum absolute atomic E-state index is 0.248. The van der Waals surface area contributed by atoms with Crippen molar-refractivity contribution in [3.8, 4) is 11.8 Å². The topological polar surface area (TPSA) is 89.2 Å². The highest BCUT2D eigenvalue weighted by atomic mass is 32.2. The van der Waals surface area contributed by atoms with Crippen molar-refractivity contribution in [3.05, 3.63) is 28.2 Å². The maximum atomic E-state index is 12.3. The first-order valence-electron chi connectivity index (χ1n) is 6.14. The molecule has 1 heterocycles. The van der Waals surface area contributed by atoms with E-state index in [0.29, 0.717) is 6.42 Å². The fourth-order valence-corrected chi connectivity index (χ4v) is 1.94. The summed E-state index contributed by atoms with van der Waals surface area (Å²) < 4.78 is 63.6. The summed E-state index contributed by atoms with van der Waals surface area (Å²) in [5, 5.41) is 8.88. The van der Waals surface area contributed by atoms with Crippen molar-refractivity contribution in [1.82, 2.24) is 4.57 Å². The Labute approximate surface area is 124 Å². The van der Waals surface area contributed by atoms with Gasteiger partial charge in [0, 0.05) is 12.7 Å². The molecule has 0 atom stereocenters. The number of pyridine rings is 1. The minimum atomic E-state index is -5.94. The number of hydrogen-bond donors (Lipinski definition) is 0. The van der Waals surface area contributed by atoms with E-state index in [9.17, 15) is 26.4 Å². The first kappa shape index (κ1) is 18.0. The lowest BCUT2D eigenvalue weighted by atomic mass is 10.1. The van der Waals surface area contributed by atoms with Gasteiger partial charge in [0.05, 0.1) is 0 Å². The fraction of sp³-hybridized carbons (Fsp3) is 0.500. The molecule has 0 aliphatic rings. The van der Waals surface area contributed by atoms with Crippen LogP contribution in [0.25, 0.3) is 0 Å². The van der Waals surface area contributed by atoms with Gasteiger partial charge < -0.3 is 8.75 Å². The van der Waals surface area contributed by atoms with Crippen molar-refractivity contribution in [3.63, 3.8) is 0 Å². The average molecular weight is 338 g/mol. The molecule has 22 heavy (non-hydrogen) atoms. The summed E-state index contributed by atoms with van der Waals surface area (Å²) >= 11 is 0. The van der Waals surface area contributed by atoms with Crippen LogP contribution in [-0.2, 0) is 16.7 Å². The molecular weight excluding hydrogens is 325 g/mol. The molecule has 1 aromatic rings. The number of nitriles is 1. The molecule has 0 amide bonds. The van der Waals surface area contributed by atoms with Gasteiger partial charge in [-0.05, 0) is 18.4 Å². The van der Waals surface area contributed by atoms with Gasteiger partial charge in [0.2, 0.25) is 0 Å². The molecule has 0 aromatic carbocycles. The van der Waals surface area contributed by atoms with Crippen molar-refractivity contribution in [2.24, 2.45) is 5.92 Å². The molecule has 0 aliphatic heterocycles. The van der Waals surface area contributed by atoms with E-state index in [1.54, 1.807) is 0 Å². The summed E-state index contributed by atoms with van der Waals surface area (Å²) in [6.07, 6.45) is 1.69. The third-order valence-electron chi connectivity index (χ3n) is 2.67. The highest BCUT2D eigenvalue weighted by Gasteiger charge is 2.49. The Morgan fingerprint density at radius 1 is 1.41 bits per heavy atom. The standard InChI is InChI=1S/C12H13F3N2O4S/c1-8(2)3-5-17-6-4-10(9(7-16)11(17)18)21-22(19,20)12(13,14)15/h4,6,8H,3,5H2,1-2H3. The van der Waals surface area contributed by atoms with Crippen molar-refractivity contribution in [1.29, 1.82) is 5.26 Å². The van der Waals surface area contributed by atoms with Crippen LogP contribution >= 0.6 is 0 Å². The summed E-state index contributed by atoms with van der Waals surface area (Å²) in [6.45, 7) is 4.06. The number of alkyl halides is 3. The largest absolute Gasteiger partial charge is 0.534 e. The summed E-state index contributed by atoms with van der Waals surface area (Å²) in [5.74, 6) is -0.676. The third kappa shape index (κ3) is 4.00. The van der Waals surface area contributed by atoms with Gasteiger partial charge in [-0.25, -0.2) is 0 Å². The molecule has 0 saturated carbocycles. The molecule has 0 unspecified atom stereocenters. The molecule has 1 aromatic heterocycles. The highest BCUT2D eigenvalue weighted by molar-refractivity contribution is 7.88. The minimum Gasteiger partial charge on any atom is -0.374 e. The van der Waals surface area contributed by atoms with Gasteiger partial charge in [-0.15, -0.1) is 0 Å². The molecule has 122 valence electrons. The van der Waals surface area contributed by atoms with Crippen LogP contribution in [0.3, 0.4) is 0 Å². The SMILES string of the molecule is CC(C)CCn1ccc(OS(=O)(=O)C(F)(F)F)c(C#N)c1=O. The van der Waals surface area contributed by atoms with E-state index in [1.165, 1.54) is 6.07 Å². The lowest BCUT2D eigenvalue weighted by Crippen LogP contribution is -2.30. The maximum Gasteiger partial charge on any atom is 0.534 e. The lowest BCUT2D eigenvalue weighted by molar-refractivity contribution is -0.0500. The molecule has 0 bridgehead atoms. The van der Waals surface area contributed by atoms with Crippen molar-refractivity contribution in [2.75, 3.05) is 0 Å². The average Bonchev–Trinajstić information content (AvgIpc) is 2.36. The summed E-state index contributed by atoms with van der Waals surface area (Å²) in [6, 6.07) is 2.23. The molecule has 10 heteroatoms. The zero-order valence-electron chi connectivity index (χ0n) is 11.7. The van der Waals surface area contributed by atoms with Gasteiger partial charge >= 0.3 is 15.6 Å². The third-order valence-corrected chi connectivity index (χ3v) is 3.64. The summed E-state index contributed by atoms with van der Waals surface area (Å²) in [5.41, 5.74) is -7.34. The Balaban J connectivity index is 3.23. The fourth-order valence-electron chi connectivity index (χ4n) is 1.47. The zero-order valence-corrected chi connectivity index (χ0v) is 12.5. The quantitative estimate of drug-likeness (QED) is 0.605. The van der Waals surface area contributed by atoms with Gasteiger partial charge in [0.1, 0.15) is 6.07 Å². The molecule has 0 aliphatic carbocycles. The zero-order chi connectivity index (χ0) is 17.1. The Bertz CT molecular complexity index is 745. The first-order valence-corrected chi connectivity index (χ1v) is 7.54. The molecule has 1 rings (SSSR count). The van der Waals surface area contributed by atoms with Gasteiger partial charge in [0.15, 0.2) is 11.3 Å². The van der Waals surface area contributed by atoms with Crippen molar-refractivity contribution < 1.29 is 25.8 Å². The van der Waals surface area contributed by atoms with Gasteiger partial charge in [0.25, 0.3) is 5.56 Å². The Hall–Kier alpha value is -2.02. The Morgan fingerprint density at radius 2 is 2.00 bits per heavy atom. The van der Waals surface area contributed by atoms with E-state index in [4.69, 9.17) is 5.26 Å². The monoisotopic (exact) mass is 338 g/mol. The lowest BCUT2D eigenvalue weighted by Gasteiger charge is -2.12. The molecule has 0 saturated heterocycles. The van der Waals surface area contributed by atoms with Gasteiger partial charge in [-0.3, -0.25) is 4.79 Å². The molecule has 0 N–H and O–H groups in total. The second-order valence-corrected chi connectivity index (χ2v) is 6.37. The van der Waals surface area contributed by atoms with Crippen LogP contribution in [-0.4, -0.2) is 18.5 Å². The van der Waals surface area contributed by atoms with Gasteiger partial charge in [-0.1, -0.05) is 13.8 Å². The number of hydrogen-bond acceptors (Lipinski definition) is 5. The second-order valence-electron chi connectivity index (χ2n) is 4.83. The van der Waals surface area contributed by atoms with Crippen LogP contribution in [0.15, 0.2) is 17.1 Å². The van der Waals surface area contributed by atoms with E-state index < -0.39 is 32.5 Å². The van der Waals surface area contributed by atoms with Crippen LogP contribution in [0.5, 0.6) is 5.75 Å². The van der Waals surface area contributed by atoms with Crippen LogP contribution in [0.1, 0.15) is 25.8 Å².